The number of rotatable bonds is 10. The number of nitrogens with zero attached hydrogens (tertiary/aromatic N) is 2. The summed E-state index contributed by atoms with van der Waals surface area (Å²) in [4.78, 5) is 31.2. The summed E-state index contributed by atoms with van der Waals surface area (Å²) in [5, 5.41) is 3.97. The normalized spacial score (nSPS) is 11.1. The third kappa shape index (κ3) is 6.27. The second-order valence-corrected chi connectivity index (χ2v) is 6.95. The van der Waals surface area contributed by atoms with Crippen LogP contribution in [-0.4, -0.2) is 28.7 Å². The van der Waals surface area contributed by atoms with Crippen LogP contribution in [0.4, 0.5) is 0 Å². The number of aromatic amines is 1. The Kier molecular flexibility index (Phi) is 7.71. The van der Waals surface area contributed by atoms with E-state index in [0.717, 1.165) is 24.2 Å². The molecule has 0 aliphatic carbocycles. The fraction of sp³-hybridized carbons (Fsp3) is 0.304. The Labute approximate surface area is 175 Å². The van der Waals surface area contributed by atoms with Gasteiger partial charge < -0.3 is 9.72 Å². The Hall–Kier alpha value is -3.48. The number of ether oxygens (including phenoxy) is 1. The number of hydrogen-bond acceptors (Lipinski definition) is 5. The number of carbonyl (C=O) groups excluding carboxylic acids is 1. The van der Waals surface area contributed by atoms with Crippen molar-refractivity contribution in [3.8, 4) is 5.75 Å². The fourth-order valence-electron chi connectivity index (χ4n) is 2.90. The van der Waals surface area contributed by atoms with Gasteiger partial charge in [-0.15, -0.1) is 0 Å². The standard InChI is InChI=1S/C23H26N4O3/c1-2-3-6-15-30-18-11-9-17(10-12-18)16-24-27-22(28)14-13-21-23(29)26-20-8-5-4-7-19(20)25-21/h4-5,7-12,16H,2-3,6,13-15H2,1H3,(H,26,29)(H,27,28)/b24-16+. The lowest BCUT2D eigenvalue weighted by molar-refractivity contribution is -0.121. The van der Waals surface area contributed by atoms with Gasteiger partial charge in [0.2, 0.25) is 5.91 Å². The number of carbonyl (C=O) groups is 1. The van der Waals surface area contributed by atoms with Gasteiger partial charge >= 0.3 is 0 Å². The van der Waals surface area contributed by atoms with E-state index in [1.54, 1.807) is 12.3 Å². The Morgan fingerprint density at radius 3 is 2.77 bits per heavy atom. The number of hydrazone groups is 1. The first-order valence-electron chi connectivity index (χ1n) is 10.2. The van der Waals surface area contributed by atoms with E-state index in [2.05, 4.69) is 27.4 Å². The molecule has 1 amide bonds. The van der Waals surface area contributed by atoms with Crippen molar-refractivity contribution in [2.45, 2.75) is 39.0 Å². The highest BCUT2D eigenvalue weighted by Gasteiger charge is 2.07. The maximum atomic E-state index is 12.1. The first-order valence-corrected chi connectivity index (χ1v) is 10.2. The van der Waals surface area contributed by atoms with Crippen molar-refractivity contribution in [2.24, 2.45) is 5.10 Å². The molecule has 2 N–H and O–H groups in total. The zero-order chi connectivity index (χ0) is 21.2. The number of nitrogens with one attached hydrogen (secondary N) is 2. The number of amides is 1. The molecule has 0 aliphatic heterocycles. The number of benzene rings is 2. The van der Waals surface area contributed by atoms with Crippen LogP contribution in [0.25, 0.3) is 11.0 Å². The molecule has 0 aliphatic rings. The van der Waals surface area contributed by atoms with E-state index in [9.17, 15) is 9.59 Å². The minimum Gasteiger partial charge on any atom is -0.494 e. The molecule has 2 aromatic carbocycles. The minimum absolute atomic E-state index is 0.121. The topological polar surface area (TPSA) is 96.4 Å². The molecule has 1 aromatic heterocycles. The zero-order valence-corrected chi connectivity index (χ0v) is 17.1. The molecule has 156 valence electrons. The van der Waals surface area contributed by atoms with E-state index in [1.807, 2.05) is 42.5 Å². The van der Waals surface area contributed by atoms with Gasteiger partial charge in [0.1, 0.15) is 11.4 Å². The molecule has 0 bridgehead atoms. The van der Waals surface area contributed by atoms with Crippen LogP contribution in [0, 0.1) is 0 Å². The Morgan fingerprint density at radius 1 is 1.17 bits per heavy atom. The molecule has 0 saturated carbocycles. The largest absolute Gasteiger partial charge is 0.494 e. The molecule has 3 aromatic rings. The Balaban J connectivity index is 1.46. The van der Waals surface area contributed by atoms with Crippen molar-refractivity contribution in [1.82, 2.24) is 15.4 Å². The molecule has 0 atom stereocenters. The lowest BCUT2D eigenvalue weighted by atomic mass is 10.2. The van der Waals surface area contributed by atoms with Crippen LogP contribution in [0.5, 0.6) is 5.75 Å². The smallest absolute Gasteiger partial charge is 0.270 e. The molecule has 0 radical (unpaired) electrons. The molecule has 1 heterocycles. The number of unbranched alkanes of at least 4 members (excludes halogenated alkanes) is 2. The van der Waals surface area contributed by atoms with Crippen LogP contribution in [0.2, 0.25) is 0 Å². The van der Waals surface area contributed by atoms with Crippen molar-refractivity contribution in [1.29, 1.82) is 0 Å². The van der Waals surface area contributed by atoms with E-state index < -0.39 is 0 Å². The van der Waals surface area contributed by atoms with Gasteiger partial charge in [0, 0.05) is 12.8 Å². The summed E-state index contributed by atoms with van der Waals surface area (Å²) < 4.78 is 5.67. The predicted octanol–water partition coefficient (Wildman–Crippen LogP) is 3.58. The van der Waals surface area contributed by atoms with E-state index in [0.29, 0.717) is 23.3 Å². The molecule has 30 heavy (non-hydrogen) atoms. The van der Waals surface area contributed by atoms with Gasteiger partial charge in [-0.2, -0.15) is 5.10 Å². The van der Waals surface area contributed by atoms with Crippen LogP contribution in [0.3, 0.4) is 0 Å². The number of H-pyrrole nitrogens is 1. The number of para-hydroxylation sites is 2. The number of fused-ring (bicyclic) bond motifs is 1. The molecule has 7 heteroatoms. The molecule has 0 spiro atoms. The van der Waals surface area contributed by atoms with Crippen molar-refractivity contribution in [2.75, 3.05) is 6.61 Å². The highest BCUT2D eigenvalue weighted by molar-refractivity contribution is 5.82. The third-order valence-corrected chi connectivity index (χ3v) is 4.56. The summed E-state index contributed by atoms with van der Waals surface area (Å²) in [5.74, 6) is 0.539. The van der Waals surface area contributed by atoms with Crippen molar-refractivity contribution >= 4 is 23.2 Å². The number of hydrogen-bond donors (Lipinski definition) is 2. The second kappa shape index (κ2) is 10.9. The summed E-state index contributed by atoms with van der Waals surface area (Å²) in [5.41, 5.74) is 4.77. The lowest BCUT2D eigenvalue weighted by Gasteiger charge is -2.05. The van der Waals surface area contributed by atoms with Gasteiger partial charge in [0.25, 0.3) is 5.56 Å². The quantitative estimate of drug-likeness (QED) is 0.306. The average Bonchev–Trinajstić information content (AvgIpc) is 2.76. The lowest BCUT2D eigenvalue weighted by Crippen LogP contribution is -2.21. The summed E-state index contributed by atoms with van der Waals surface area (Å²) >= 11 is 0. The van der Waals surface area contributed by atoms with Crippen LogP contribution in [-0.2, 0) is 11.2 Å². The summed E-state index contributed by atoms with van der Waals surface area (Å²) in [7, 11) is 0. The Morgan fingerprint density at radius 2 is 1.97 bits per heavy atom. The molecule has 0 saturated heterocycles. The maximum Gasteiger partial charge on any atom is 0.270 e. The average molecular weight is 406 g/mol. The molecule has 3 rings (SSSR count). The number of aryl methyl sites for hydroxylation is 1. The number of aromatic nitrogens is 2. The van der Waals surface area contributed by atoms with Gasteiger partial charge in [-0.3, -0.25) is 9.59 Å². The van der Waals surface area contributed by atoms with Crippen LogP contribution in [0.1, 0.15) is 43.9 Å². The summed E-state index contributed by atoms with van der Waals surface area (Å²) in [6.07, 6.45) is 5.31. The van der Waals surface area contributed by atoms with E-state index in [4.69, 9.17) is 4.74 Å². The van der Waals surface area contributed by atoms with Crippen molar-refractivity contribution in [3.63, 3.8) is 0 Å². The zero-order valence-electron chi connectivity index (χ0n) is 17.1. The summed E-state index contributed by atoms with van der Waals surface area (Å²) in [6.45, 7) is 2.87. The van der Waals surface area contributed by atoms with Gasteiger partial charge in [-0.25, -0.2) is 10.4 Å². The van der Waals surface area contributed by atoms with Crippen LogP contribution in [0.15, 0.2) is 58.4 Å². The highest BCUT2D eigenvalue weighted by atomic mass is 16.5. The van der Waals surface area contributed by atoms with E-state index >= 15 is 0 Å². The van der Waals surface area contributed by atoms with E-state index in [1.165, 1.54) is 6.42 Å². The van der Waals surface area contributed by atoms with Crippen molar-refractivity contribution in [3.05, 3.63) is 70.1 Å². The molecular formula is C23H26N4O3. The monoisotopic (exact) mass is 406 g/mol. The predicted molar refractivity (Wildman–Crippen MR) is 118 cm³/mol. The van der Waals surface area contributed by atoms with Crippen LogP contribution < -0.4 is 15.7 Å². The van der Waals surface area contributed by atoms with E-state index in [-0.39, 0.29) is 24.3 Å². The van der Waals surface area contributed by atoms with Gasteiger partial charge in [-0.1, -0.05) is 31.9 Å². The third-order valence-electron chi connectivity index (χ3n) is 4.56. The maximum absolute atomic E-state index is 12.1. The first-order chi connectivity index (χ1) is 14.7. The summed E-state index contributed by atoms with van der Waals surface area (Å²) in [6, 6.07) is 14.8. The van der Waals surface area contributed by atoms with Gasteiger partial charge in [0.15, 0.2) is 0 Å². The highest BCUT2D eigenvalue weighted by Crippen LogP contribution is 2.12. The van der Waals surface area contributed by atoms with Crippen molar-refractivity contribution < 1.29 is 9.53 Å². The van der Waals surface area contributed by atoms with Gasteiger partial charge in [0.05, 0.1) is 23.9 Å². The molecule has 7 nitrogen and oxygen atoms in total. The van der Waals surface area contributed by atoms with Crippen LogP contribution >= 0.6 is 0 Å². The first kappa shape index (κ1) is 21.2. The fourth-order valence-corrected chi connectivity index (χ4v) is 2.90. The second-order valence-electron chi connectivity index (χ2n) is 6.95. The SMILES string of the molecule is CCCCCOc1ccc(/C=N/NC(=O)CCc2nc3ccccc3[nH]c2=O)cc1. The molecular weight excluding hydrogens is 380 g/mol. The Bertz CT molecular complexity index is 1060. The molecule has 0 unspecified atom stereocenters. The molecule has 0 fully saturated rings. The minimum atomic E-state index is -0.281. The van der Waals surface area contributed by atoms with Gasteiger partial charge in [-0.05, 0) is 48.4 Å².